The van der Waals surface area contributed by atoms with E-state index in [1.54, 1.807) is 23.5 Å². The maximum absolute atomic E-state index is 11.0. The number of carbonyl (C=O) groups excluding carboxylic acids is 2. The lowest BCUT2D eigenvalue weighted by molar-refractivity contribution is -0.113. The van der Waals surface area contributed by atoms with E-state index < -0.39 is 0 Å². The summed E-state index contributed by atoms with van der Waals surface area (Å²) in [5.74, 6) is 0.0458. The molecule has 2 nitrogen and oxygen atoms in total. The number of ketones is 2. The van der Waals surface area contributed by atoms with Gasteiger partial charge in [-0.2, -0.15) is 0 Å². The first-order chi connectivity index (χ1) is 7.91. The van der Waals surface area contributed by atoms with E-state index in [1.807, 2.05) is 26.0 Å². The van der Waals surface area contributed by atoms with Gasteiger partial charge in [0.1, 0.15) is 0 Å². The highest BCUT2D eigenvalue weighted by atomic mass is 32.1. The first-order valence-electron chi connectivity index (χ1n) is 5.39. The van der Waals surface area contributed by atoms with Crippen molar-refractivity contribution < 1.29 is 9.59 Å². The third-order valence-electron chi connectivity index (χ3n) is 2.32. The lowest BCUT2D eigenvalue weighted by atomic mass is 10.1. The van der Waals surface area contributed by atoms with E-state index in [4.69, 9.17) is 0 Å². The maximum Gasteiger partial charge on any atom is 0.152 e. The Morgan fingerprint density at radius 1 is 0.882 bits per heavy atom. The molecule has 1 aromatic rings. The number of hydrogen-bond donors (Lipinski definition) is 0. The summed E-state index contributed by atoms with van der Waals surface area (Å²) in [5.41, 5.74) is 2.06. The van der Waals surface area contributed by atoms with Crippen molar-refractivity contribution in [2.75, 3.05) is 0 Å². The van der Waals surface area contributed by atoms with Crippen molar-refractivity contribution in [1.82, 2.24) is 0 Å². The highest BCUT2D eigenvalue weighted by Gasteiger charge is 2.08. The summed E-state index contributed by atoms with van der Waals surface area (Å²) in [6, 6.07) is 0. The van der Waals surface area contributed by atoms with Gasteiger partial charge in [0.15, 0.2) is 11.6 Å². The van der Waals surface area contributed by atoms with Gasteiger partial charge in [0.25, 0.3) is 0 Å². The van der Waals surface area contributed by atoms with E-state index in [1.165, 1.54) is 13.8 Å². The zero-order valence-electron chi connectivity index (χ0n) is 10.5. The highest BCUT2D eigenvalue weighted by Crippen LogP contribution is 2.29. The molecule has 0 aliphatic carbocycles. The van der Waals surface area contributed by atoms with Crippen LogP contribution in [0.2, 0.25) is 0 Å². The minimum absolute atomic E-state index is 0.0229. The van der Waals surface area contributed by atoms with Gasteiger partial charge in [-0.3, -0.25) is 9.59 Å². The number of hydrogen-bond acceptors (Lipinski definition) is 3. The summed E-state index contributed by atoms with van der Waals surface area (Å²) in [6.07, 6.45) is 6.75. The van der Waals surface area contributed by atoms with Crippen LogP contribution in [0, 0.1) is 13.8 Å². The summed E-state index contributed by atoms with van der Waals surface area (Å²) in [4.78, 5) is 24.2. The van der Waals surface area contributed by atoms with Crippen LogP contribution in [0.1, 0.15) is 34.7 Å². The Balaban J connectivity index is 3.19. The van der Waals surface area contributed by atoms with Crippen molar-refractivity contribution in [3.05, 3.63) is 33.0 Å². The van der Waals surface area contributed by atoms with E-state index >= 15 is 0 Å². The van der Waals surface area contributed by atoms with Crippen molar-refractivity contribution in [2.45, 2.75) is 27.7 Å². The zero-order chi connectivity index (χ0) is 13.0. The van der Waals surface area contributed by atoms with Gasteiger partial charge in [0.2, 0.25) is 0 Å². The minimum Gasteiger partial charge on any atom is -0.295 e. The van der Waals surface area contributed by atoms with Gasteiger partial charge in [-0.15, -0.1) is 11.3 Å². The number of carbonyl (C=O) groups is 2. The predicted octanol–water partition coefficient (Wildman–Crippen LogP) is 3.57. The fraction of sp³-hybridized carbons (Fsp3) is 0.286. The molecule has 0 radical (unpaired) electrons. The molecule has 1 aromatic heterocycles. The SMILES string of the molecule is CC(=O)/C=C/c1c(C)sc(C)c1/C=C/C(C)=O. The fourth-order valence-electron chi connectivity index (χ4n) is 1.53. The number of allylic oxidation sites excluding steroid dienone is 2. The zero-order valence-corrected chi connectivity index (χ0v) is 11.4. The molecule has 0 spiro atoms. The molecule has 0 aliphatic rings. The van der Waals surface area contributed by atoms with Crippen LogP contribution in [0.25, 0.3) is 12.2 Å². The topological polar surface area (TPSA) is 34.1 Å². The summed E-state index contributed by atoms with van der Waals surface area (Å²) < 4.78 is 0. The molecule has 0 aliphatic heterocycles. The molecule has 0 unspecified atom stereocenters. The predicted molar refractivity (Wildman–Crippen MR) is 73.2 cm³/mol. The lowest BCUT2D eigenvalue weighted by Gasteiger charge is -1.96. The molecular weight excluding hydrogens is 232 g/mol. The summed E-state index contributed by atoms with van der Waals surface area (Å²) in [6.45, 7) is 7.08. The number of aryl methyl sites for hydroxylation is 2. The largest absolute Gasteiger partial charge is 0.295 e. The van der Waals surface area contributed by atoms with Gasteiger partial charge in [0.05, 0.1) is 0 Å². The van der Waals surface area contributed by atoms with Crippen LogP contribution in [0.15, 0.2) is 12.2 Å². The van der Waals surface area contributed by atoms with Crippen LogP contribution >= 0.6 is 11.3 Å². The van der Waals surface area contributed by atoms with Gasteiger partial charge < -0.3 is 0 Å². The second kappa shape index (κ2) is 5.73. The smallest absolute Gasteiger partial charge is 0.152 e. The Bertz CT molecular complexity index is 460. The molecule has 90 valence electrons. The normalized spacial score (nSPS) is 11.5. The summed E-state index contributed by atoms with van der Waals surface area (Å²) in [5, 5.41) is 0. The molecule has 0 saturated carbocycles. The van der Waals surface area contributed by atoms with Crippen LogP contribution in [0.3, 0.4) is 0 Å². The van der Waals surface area contributed by atoms with Crippen molar-refractivity contribution in [2.24, 2.45) is 0 Å². The van der Waals surface area contributed by atoms with E-state index in [2.05, 4.69) is 0 Å². The van der Waals surface area contributed by atoms with Gasteiger partial charge in [-0.25, -0.2) is 0 Å². The van der Waals surface area contributed by atoms with Crippen LogP contribution in [-0.2, 0) is 9.59 Å². The average molecular weight is 248 g/mol. The molecule has 0 fully saturated rings. The number of thiophene rings is 1. The van der Waals surface area contributed by atoms with E-state index in [9.17, 15) is 9.59 Å². The standard InChI is InChI=1S/C14H16O2S/c1-9(15)5-7-13-11(3)17-12(4)14(13)8-6-10(2)16/h5-8H,1-4H3/b7-5+,8-6+. The molecular formula is C14H16O2S. The molecule has 0 amide bonds. The van der Waals surface area contributed by atoms with Crippen LogP contribution in [0.5, 0.6) is 0 Å². The van der Waals surface area contributed by atoms with Gasteiger partial charge in [-0.1, -0.05) is 0 Å². The Labute approximate surface area is 106 Å². The minimum atomic E-state index is 0.0229. The van der Waals surface area contributed by atoms with Crippen LogP contribution < -0.4 is 0 Å². The Morgan fingerprint density at radius 3 is 1.53 bits per heavy atom. The third kappa shape index (κ3) is 3.79. The average Bonchev–Trinajstić information content (AvgIpc) is 2.47. The van der Waals surface area contributed by atoms with Crippen molar-refractivity contribution in [3.8, 4) is 0 Å². The maximum atomic E-state index is 11.0. The molecule has 1 rings (SSSR count). The number of rotatable bonds is 4. The molecule has 3 heteroatoms. The highest BCUT2D eigenvalue weighted by molar-refractivity contribution is 7.12. The molecule has 0 aromatic carbocycles. The second-order valence-electron chi connectivity index (χ2n) is 3.93. The first kappa shape index (κ1) is 13.6. The summed E-state index contributed by atoms with van der Waals surface area (Å²) >= 11 is 1.67. The lowest BCUT2D eigenvalue weighted by Crippen LogP contribution is -1.85. The Morgan fingerprint density at radius 2 is 1.24 bits per heavy atom. The first-order valence-corrected chi connectivity index (χ1v) is 6.20. The Hall–Kier alpha value is -1.48. The van der Waals surface area contributed by atoms with Gasteiger partial charge >= 0.3 is 0 Å². The van der Waals surface area contributed by atoms with Gasteiger partial charge in [0, 0.05) is 9.75 Å². The molecule has 0 N–H and O–H groups in total. The van der Waals surface area contributed by atoms with Crippen LogP contribution in [-0.4, -0.2) is 11.6 Å². The molecule has 0 atom stereocenters. The fourth-order valence-corrected chi connectivity index (χ4v) is 2.57. The monoisotopic (exact) mass is 248 g/mol. The van der Waals surface area contributed by atoms with Gasteiger partial charge in [-0.05, 0) is 63.1 Å². The third-order valence-corrected chi connectivity index (χ3v) is 3.38. The van der Waals surface area contributed by atoms with Crippen molar-refractivity contribution >= 4 is 35.1 Å². The second-order valence-corrected chi connectivity index (χ2v) is 5.36. The summed E-state index contributed by atoms with van der Waals surface area (Å²) in [7, 11) is 0. The Kier molecular flexibility index (Phi) is 4.58. The van der Waals surface area contributed by atoms with Crippen molar-refractivity contribution in [1.29, 1.82) is 0 Å². The molecule has 17 heavy (non-hydrogen) atoms. The van der Waals surface area contributed by atoms with E-state index in [0.29, 0.717) is 0 Å². The quantitative estimate of drug-likeness (QED) is 0.763. The van der Waals surface area contributed by atoms with Crippen LogP contribution in [0.4, 0.5) is 0 Å². The molecule has 0 bridgehead atoms. The van der Waals surface area contributed by atoms with E-state index in [-0.39, 0.29) is 11.6 Å². The molecule has 1 heterocycles. The van der Waals surface area contributed by atoms with E-state index in [0.717, 1.165) is 20.9 Å². The van der Waals surface area contributed by atoms with Crippen molar-refractivity contribution in [3.63, 3.8) is 0 Å². The molecule has 0 saturated heterocycles.